The van der Waals surface area contributed by atoms with Crippen LogP contribution in [0.3, 0.4) is 0 Å². The van der Waals surface area contributed by atoms with Crippen LogP contribution in [0, 0.1) is 0 Å². The van der Waals surface area contributed by atoms with E-state index in [0.29, 0.717) is 25.7 Å². The maximum absolute atomic E-state index is 11.5. The Hall–Kier alpha value is -0.490. The fourth-order valence-electron chi connectivity index (χ4n) is 1.96. The van der Waals surface area contributed by atoms with Crippen molar-refractivity contribution in [2.45, 2.75) is 63.3 Å². The van der Waals surface area contributed by atoms with Gasteiger partial charge >= 0.3 is 6.09 Å². The first-order valence-electron chi connectivity index (χ1n) is 6.01. The van der Waals surface area contributed by atoms with Gasteiger partial charge in [0.2, 0.25) is 9.05 Å². The summed E-state index contributed by atoms with van der Waals surface area (Å²) in [5.41, 5.74) is -0.527. The zero-order chi connectivity index (χ0) is 14.0. The molecule has 0 aliphatic heterocycles. The summed E-state index contributed by atoms with van der Waals surface area (Å²) in [5, 5.41) is 2.26. The molecule has 1 N–H and O–H groups in total. The number of alkyl carbamates (subject to hydrolysis) is 1. The molecular weight excluding hydrogens is 278 g/mol. The summed E-state index contributed by atoms with van der Waals surface area (Å²) in [6.07, 6.45) is 1.71. The third-order valence-electron chi connectivity index (χ3n) is 2.79. The Morgan fingerprint density at radius 2 is 1.72 bits per heavy atom. The zero-order valence-corrected chi connectivity index (χ0v) is 12.5. The third kappa shape index (κ3) is 5.44. The lowest BCUT2D eigenvalue weighted by atomic mass is 9.95. The molecule has 1 aliphatic carbocycles. The molecule has 0 aromatic rings. The van der Waals surface area contributed by atoms with E-state index >= 15 is 0 Å². The predicted molar refractivity (Wildman–Crippen MR) is 70.2 cm³/mol. The molecule has 0 heterocycles. The molecule has 1 rings (SSSR count). The topological polar surface area (TPSA) is 72.5 Å². The smallest absolute Gasteiger partial charge is 0.407 e. The summed E-state index contributed by atoms with van der Waals surface area (Å²) in [7, 11) is 1.83. The highest BCUT2D eigenvalue weighted by Crippen LogP contribution is 2.26. The van der Waals surface area contributed by atoms with Gasteiger partial charge in [-0.3, -0.25) is 0 Å². The van der Waals surface area contributed by atoms with E-state index in [4.69, 9.17) is 15.4 Å². The highest BCUT2D eigenvalue weighted by molar-refractivity contribution is 8.14. The molecule has 1 amide bonds. The molecule has 0 aromatic carbocycles. The molecule has 0 radical (unpaired) electrons. The molecule has 1 aliphatic rings. The van der Waals surface area contributed by atoms with Crippen LogP contribution in [0.15, 0.2) is 0 Å². The number of ether oxygens (including phenoxy) is 1. The van der Waals surface area contributed by atoms with E-state index in [-0.39, 0.29) is 6.04 Å². The summed E-state index contributed by atoms with van der Waals surface area (Å²) in [4.78, 5) is 11.5. The van der Waals surface area contributed by atoms with Crippen LogP contribution in [-0.2, 0) is 13.8 Å². The van der Waals surface area contributed by atoms with Crippen molar-refractivity contribution < 1.29 is 17.9 Å². The van der Waals surface area contributed by atoms with Crippen molar-refractivity contribution in [3.8, 4) is 0 Å². The lowest BCUT2D eigenvalue weighted by molar-refractivity contribution is 0.0493. The van der Waals surface area contributed by atoms with Crippen LogP contribution in [0.1, 0.15) is 46.5 Å². The number of hydrogen-bond acceptors (Lipinski definition) is 4. The molecule has 1 fully saturated rings. The van der Waals surface area contributed by atoms with Gasteiger partial charge in [0.25, 0.3) is 0 Å². The minimum atomic E-state index is -3.48. The van der Waals surface area contributed by atoms with E-state index in [0.717, 1.165) is 0 Å². The number of halogens is 1. The van der Waals surface area contributed by atoms with Crippen molar-refractivity contribution in [1.82, 2.24) is 5.32 Å². The average Bonchev–Trinajstić information content (AvgIpc) is 2.13. The van der Waals surface area contributed by atoms with Crippen LogP contribution in [-0.4, -0.2) is 31.4 Å². The van der Waals surface area contributed by atoms with E-state index in [1.54, 1.807) is 20.8 Å². The standard InChI is InChI=1S/C11H20ClNO4S/c1-11(2,3)17-10(14)13-8-4-6-9(7-5-8)18(12,15)16/h8-9H,4-7H2,1-3H3,(H,13,14). The van der Waals surface area contributed by atoms with Crippen LogP contribution in [0.4, 0.5) is 4.79 Å². The molecule has 0 unspecified atom stereocenters. The zero-order valence-electron chi connectivity index (χ0n) is 10.9. The Morgan fingerprint density at radius 1 is 1.22 bits per heavy atom. The molecule has 7 heteroatoms. The Balaban J connectivity index is 2.38. The van der Waals surface area contributed by atoms with Gasteiger partial charge in [-0.15, -0.1) is 0 Å². The Kier molecular flexibility index (Phi) is 4.89. The Morgan fingerprint density at radius 3 is 2.11 bits per heavy atom. The highest BCUT2D eigenvalue weighted by Gasteiger charge is 2.30. The Bertz CT molecular complexity index is 394. The van der Waals surface area contributed by atoms with Crippen molar-refractivity contribution in [3.63, 3.8) is 0 Å². The largest absolute Gasteiger partial charge is 0.444 e. The molecule has 106 valence electrons. The minimum Gasteiger partial charge on any atom is -0.444 e. The molecule has 0 atom stereocenters. The lowest BCUT2D eigenvalue weighted by Gasteiger charge is -2.28. The van der Waals surface area contributed by atoms with Crippen LogP contribution in [0.25, 0.3) is 0 Å². The number of nitrogens with one attached hydrogen (secondary N) is 1. The van der Waals surface area contributed by atoms with Gasteiger partial charge in [0.1, 0.15) is 5.60 Å². The molecule has 0 saturated heterocycles. The second-order valence-corrected chi connectivity index (χ2v) is 8.50. The van der Waals surface area contributed by atoms with Crippen LogP contribution < -0.4 is 5.32 Å². The molecule has 0 aromatic heterocycles. The maximum Gasteiger partial charge on any atom is 0.407 e. The predicted octanol–water partition coefficient (Wildman–Crippen LogP) is 2.39. The molecule has 0 bridgehead atoms. The second kappa shape index (κ2) is 5.65. The van der Waals surface area contributed by atoms with Gasteiger partial charge in [0.05, 0.1) is 5.25 Å². The lowest BCUT2D eigenvalue weighted by Crippen LogP contribution is -2.42. The average molecular weight is 298 g/mol. The van der Waals surface area contributed by atoms with Gasteiger partial charge in [-0.1, -0.05) is 0 Å². The van der Waals surface area contributed by atoms with E-state index in [1.165, 1.54) is 0 Å². The van der Waals surface area contributed by atoms with Crippen molar-refractivity contribution in [2.24, 2.45) is 0 Å². The van der Waals surface area contributed by atoms with E-state index in [1.807, 2.05) is 0 Å². The summed E-state index contributed by atoms with van der Waals surface area (Å²) < 4.78 is 27.5. The van der Waals surface area contributed by atoms with Gasteiger partial charge in [-0.25, -0.2) is 13.2 Å². The SMILES string of the molecule is CC(C)(C)OC(=O)NC1CCC(S(=O)(=O)Cl)CC1. The Labute approximate surface area is 113 Å². The molecular formula is C11H20ClNO4S. The number of hydrogen-bond donors (Lipinski definition) is 1. The number of carbonyl (C=O) groups is 1. The van der Waals surface area contributed by atoms with Crippen molar-refractivity contribution in [2.75, 3.05) is 0 Å². The maximum atomic E-state index is 11.5. The molecule has 1 saturated carbocycles. The van der Waals surface area contributed by atoms with Gasteiger partial charge in [0, 0.05) is 16.7 Å². The first kappa shape index (κ1) is 15.6. The van der Waals surface area contributed by atoms with Gasteiger partial charge < -0.3 is 10.1 Å². The third-order valence-corrected chi connectivity index (χ3v) is 4.82. The first-order valence-corrected chi connectivity index (χ1v) is 8.38. The fraction of sp³-hybridized carbons (Fsp3) is 0.909. The van der Waals surface area contributed by atoms with Crippen LogP contribution >= 0.6 is 10.7 Å². The first-order chi connectivity index (χ1) is 8.08. The van der Waals surface area contributed by atoms with Gasteiger partial charge in [0.15, 0.2) is 0 Å². The fourth-order valence-corrected chi connectivity index (χ4v) is 3.33. The summed E-state index contributed by atoms with van der Waals surface area (Å²) in [6.45, 7) is 5.39. The van der Waals surface area contributed by atoms with Crippen molar-refractivity contribution in [1.29, 1.82) is 0 Å². The van der Waals surface area contributed by atoms with Crippen LogP contribution in [0.2, 0.25) is 0 Å². The summed E-state index contributed by atoms with van der Waals surface area (Å²) >= 11 is 0. The number of amides is 1. The highest BCUT2D eigenvalue weighted by atomic mass is 35.7. The van der Waals surface area contributed by atoms with E-state index in [9.17, 15) is 13.2 Å². The van der Waals surface area contributed by atoms with Gasteiger partial charge in [-0.05, 0) is 46.5 Å². The second-order valence-electron chi connectivity index (χ2n) is 5.60. The summed E-state index contributed by atoms with van der Waals surface area (Å²) in [5.74, 6) is 0. The number of rotatable bonds is 2. The van der Waals surface area contributed by atoms with E-state index < -0.39 is 26.0 Å². The molecule has 5 nitrogen and oxygen atoms in total. The summed E-state index contributed by atoms with van der Waals surface area (Å²) in [6, 6.07) is -0.0329. The van der Waals surface area contributed by atoms with Crippen molar-refractivity contribution in [3.05, 3.63) is 0 Å². The minimum absolute atomic E-state index is 0.0329. The van der Waals surface area contributed by atoms with Crippen molar-refractivity contribution >= 4 is 25.8 Å². The number of carbonyl (C=O) groups excluding carboxylic acids is 1. The molecule has 0 spiro atoms. The quantitative estimate of drug-likeness (QED) is 0.794. The van der Waals surface area contributed by atoms with Gasteiger partial charge in [-0.2, -0.15) is 0 Å². The van der Waals surface area contributed by atoms with Crippen LogP contribution in [0.5, 0.6) is 0 Å². The van der Waals surface area contributed by atoms with E-state index in [2.05, 4.69) is 5.32 Å². The normalized spacial score (nSPS) is 25.6. The molecule has 18 heavy (non-hydrogen) atoms. The monoisotopic (exact) mass is 297 g/mol.